The second-order valence-corrected chi connectivity index (χ2v) is 8.67. The molecule has 164 valence electrons. The van der Waals surface area contributed by atoms with E-state index in [2.05, 4.69) is 10.3 Å². The normalized spacial score (nSPS) is 16.0. The molecule has 0 saturated carbocycles. The van der Waals surface area contributed by atoms with E-state index in [4.69, 9.17) is 17.3 Å². The number of benzene rings is 2. The summed E-state index contributed by atoms with van der Waals surface area (Å²) in [5.41, 5.74) is 8.68. The number of carbonyl (C=O) groups excluding carboxylic acids is 2. The van der Waals surface area contributed by atoms with Gasteiger partial charge < -0.3 is 15.2 Å². The van der Waals surface area contributed by atoms with E-state index in [1.165, 1.54) is 0 Å². The van der Waals surface area contributed by atoms with Crippen LogP contribution >= 0.6 is 11.6 Å². The highest BCUT2D eigenvalue weighted by molar-refractivity contribution is 6.31. The Hall–Kier alpha value is -3.39. The maximum Gasteiger partial charge on any atom is 0.256 e. The molecule has 1 saturated heterocycles. The van der Waals surface area contributed by atoms with E-state index in [-0.39, 0.29) is 11.9 Å². The third-order valence-corrected chi connectivity index (χ3v) is 6.57. The molecule has 5 rings (SSSR count). The molecule has 2 amide bonds. The molecule has 0 radical (unpaired) electrons. The molecule has 2 N–H and O–H groups in total. The Kier molecular flexibility index (Phi) is 5.09. The van der Waals surface area contributed by atoms with Gasteiger partial charge in [0.1, 0.15) is 11.6 Å². The number of fused-ring (bicyclic) bond motifs is 2. The van der Waals surface area contributed by atoms with E-state index in [1.807, 2.05) is 39.9 Å². The van der Waals surface area contributed by atoms with Crippen LogP contribution in [0.5, 0.6) is 0 Å². The van der Waals surface area contributed by atoms with Crippen molar-refractivity contribution in [3.63, 3.8) is 0 Å². The van der Waals surface area contributed by atoms with Crippen LogP contribution in [0.1, 0.15) is 42.2 Å². The van der Waals surface area contributed by atoms with Crippen LogP contribution in [-0.2, 0) is 4.79 Å². The van der Waals surface area contributed by atoms with Gasteiger partial charge in [-0.05, 0) is 44.0 Å². The van der Waals surface area contributed by atoms with Crippen molar-refractivity contribution >= 4 is 45.4 Å². The maximum absolute atomic E-state index is 13.4. The first-order valence-corrected chi connectivity index (χ1v) is 11.0. The smallest absolute Gasteiger partial charge is 0.256 e. The average Bonchev–Trinajstić information content (AvgIpc) is 3.40. The lowest BCUT2D eigenvalue weighted by atomic mass is 10.0. The SMILES string of the molecule is CC(C(N)=O)n1cc(C(=O)N2CCC(n3nnc4ccccc43)CC2)c2ccc(Cl)cc21. The van der Waals surface area contributed by atoms with E-state index >= 15 is 0 Å². The monoisotopic (exact) mass is 450 g/mol. The van der Waals surface area contributed by atoms with Gasteiger partial charge in [0.2, 0.25) is 5.91 Å². The average molecular weight is 451 g/mol. The lowest BCUT2D eigenvalue weighted by Crippen LogP contribution is -2.39. The maximum atomic E-state index is 13.4. The Labute approximate surface area is 189 Å². The van der Waals surface area contributed by atoms with Crippen LogP contribution < -0.4 is 5.73 Å². The fourth-order valence-corrected chi connectivity index (χ4v) is 4.66. The molecule has 2 aromatic heterocycles. The van der Waals surface area contributed by atoms with Crippen LogP contribution in [0, 0.1) is 0 Å². The van der Waals surface area contributed by atoms with Crippen molar-refractivity contribution in [1.82, 2.24) is 24.5 Å². The molecule has 0 spiro atoms. The van der Waals surface area contributed by atoms with Crippen LogP contribution in [0.2, 0.25) is 5.02 Å². The molecule has 1 atom stereocenters. The second kappa shape index (κ2) is 7.94. The standard InChI is InChI=1S/C23H23ClN6O2/c1-14(22(25)31)29-13-18(17-7-6-15(24)12-21(17)29)23(32)28-10-8-16(9-11-28)30-20-5-3-2-4-19(20)26-27-30/h2-7,12-14,16H,8-11H2,1H3,(H2,25,31). The number of para-hydroxylation sites is 1. The Balaban J connectivity index is 1.40. The minimum Gasteiger partial charge on any atom is -0.368 e. The number of aromatic nitrogens is 4. The van der Waals surface area contributed by atoms with E-state index in [0.29, 0.717) is 23.7 Å². The Morgan fingerprint density at radius 1 is 1.12 bits per heavy atom. The van der Waals surface area contributed by atoms with Gasteiger partial charge >= 0.3 is 0 Å². The number of hydrogen-bond acceptors (Lipinski definition) is 4. The third-order valence-electron chi connectivity index (χ3n) is 6.33. The first-order valence-electron chi connectivity index (χ1n) is 10.6. The summed E-state index contributed by atoms with van der Waals surface area (Å²) in [5, 5.41) is 9.89. The summed E-state index contributed by atoms with van der Waals surface area (Å²) >= 11 is 6.18. The lowest BCUT2D eigenvalue weighted by Gasteiger charge is -2.32. The number of piperidine rings is 1. The van der Waals surface area contributed by atoms with Crippen molar-refractivity contribution in [3.8, 4) is 0 Å². The third kappa shape index (κ3) is 3.40. The van der Waals surface area contributed by atoms with Gasteiger partial charge in [-0.3, -0.25) is 9.59 Å². The summed E-state index contributed by atoms with van der Waals surface area (Å²) < 4.78 is 3.70. The van der Waals surface area contributed by atoms with Crippen LogP contribution in [-0.4, -0.2) is 49.4 Å². The summed E-state index contributed by atoms with van der Waals surface area (Å²) in [6.07, 6.45) is 3.30. The zero-order valence-electron chi connectivity index (χ0n) is 17.6. The number of likely N-dealkylation sites (tertiary alicyclic amines) is 1. The van der Waals surface area contributed by atoms with Gasteiger partial charge in [-0.25, -0.2) is 4.68 Å². The number of nitrogens with two attached hydrogens (primary N) is 1. The Bertz CT molecular complexity index is 1340. The van der Waals surface area contributed by atoms with Gasteiger partial charge in [0, 0.05) is 29.7 Å². The molecule has 2 aromatic carbocycles. The van der Waals surface area contributed by atoms with Gasteiger partial charge in [0.25, 0.3) is 5.91 Å². The quantitative estimate of drug-likeness (QED) is 0.513. The van der Waals surface area contributed by atoms with Crippen molar-refractivity contribution in [2.24, 2.45) is 5.73 Å². The van der Waals surface area contributed by atoms with Crippen molar-refractivity contribution < 1.29 is 9.59 Å². The van der Waals surface area contributed by atoms with Crippen LogP contribution in [0.3, 0.4) is 0 Å². The van der Waals surface area contributed by atoms with Crippen molar-refractivity contribution in [1.29, 1.82) is 0 Å². The summed E-state index contributed by atoms with van der Waals surface area (Å²) in [6, 6.07) is 12.8. The van der Waals surface area contributed by atoms with Crippen molar-refractivity contribution in [2.45, 2.75) is 31.8 Å². The van der Waals surface area contributed by atoms with E-state index in [9.17, 15) is 9.59 Å². The Morgan fingerprint density at radius 3 is 2.62 bits per heavy atom. The first kappa shape index (κ1) is 20.5. The molecule has 32 heavy (non-hydrogen) atoms. The zero-order valence-corrected chi connectivity index (χ0v) is 18.4. The van der Waals surface area contributed by atoms with Crippen molar-refractivity contribution in [2.75, 3.05) is 13.1 Å². The molecule has 1 fully saturated rings. The molecule has 4 aromatic rings. The van der Waals surface area contributed by atoms with E-state index in [0.717, 1.165) is 34.8 Å². The first-order chi connectivity index (χ1) is 15.4. The van der Waals surface area contributed by atoms with Gasteiger partial charge in [-0.15, -0.1) is 5.10 Å². The molecule has 8 nitrogen and oxygen atoms in total. The number of primary amides is 1. The highest BCUT2D eigenvalue weighted by Gasteiger charge is 2.29. The number of halogens is 1. The molecule has 0 bridgehead atoms. The number of nitrogens with zero attached hydrogens (tertiary/aromatic N) is 5. The summed E-state index contributed by atoms with van der Waals surface area (Å²) in [6.45, 7) is 2.94. The number of rotatable bonds is 4. The molecule has 0 aliphatic carbocycles. The number of hydrogen-bond donors (Lipinski definition) is 1. The fourth-order valence-electron chi connectivity index (χ4n) is 4.49. The molecular formula is C23H23ClN6O2. The predicted molar refractivity (Wildman–Crippen MR) is 123 cm³/mol. The van der Waals surface area contributed by atoms with E-state index < -0.39 is 11.9 Å². The molecule has 9 heteroatoms. The molecule has 3 heterocycles. The highest BCUT2D eigenvalue weighted by atomic mass is 35.5. The van der Waals surface area contributed by atoms with E-state index in [1.54, 1.807) is 29.8 Å². The lowest BCUT2D eigenvalue weighted by molar-refractivity contribution is -0.120. The molecule has 1 aliphatic heterocycles. The topological polar surface area (TPSA) is 99.0 Å². The molecular weight excluding hydrogens is 428 g/mol. The molecule has 1 aliphatic rings. The summed E-state index contributed by atoms with van der Waals surface area (Å²) in [5.74, 6) is -0.531. The number of carbonyl (C=O) groups is 2. The van der Waals surface area contributed by atoms with Crippen molar-refractivity contribution in [3.05, 3.63) is 59.2 Å². The van der Waals surface area contributed by atoms with Gasteiger partial charge in [-0.1, -0.05) is 35.0 Å². The fraction of sp³-hybridized carbons (Fsp3) is 0.304. The minimum absolute atomic E-state index is 0.0605. The largest absolute Gasteiger partial charge is 0.368 e. The highest BCUT2D eigenvalue weighted by Crippen LogP contribution is 2.31. The van der Waals surface area contributed by atoms with Gasteiger partial charge in [-0.2, -0.15) is 0 Å². The second-order valence-electron chi connectivity index (χ2n) is 8.24. The number of amides is 2. The van der Waals surface area contributed by atoms with Crippen LogP contribution in [0.15, 0.2) is 48.7 Å². The van der Waals surface area contributed by atoms with Gasteiger partial charge in [0.05, 0.1) is 22.6 Å². The Morgan fingerprint density at radius 2 is 1.88 bits per heavy atom. The minimum atomic E-state index is -0.594. The van der Waals surface area contributed by atoms with Crippen LogP contribution in [0.25, 0.3) is 21.9 Å². The summed E-state index contributed by atoms with van der Waals surface area (Å²) in [7, 11) is 0. The zero-order chi connectivity index (χ0) is 22.4. The predicted octanol–water partition coefficient (Wildman–Crippen LogP) is 3.56. The summed E-state index contributed by atoms with van der Waals surface area (Å²) in [4.78, 5) is 27.1. The van der Waals surface area contributed by atoms with Gasteiger partial charge in [0.15, 0.2) is 0 Å². The molecule has 1 unspecified atom stereocenters. The van der Waals surface area contributed by atoms with Crippen LogP contribution in [0.4, 0.5) is 0 Å².